The minimum absolute atomic E-state index is 0.0498. The van der Waals surface area contributed by atoms with Gasteiger partial charge in [-0.05, 0) is 55.5 Å². The van der Waals surface area contributed by atoms with E-state index in [-0.39, 0.29) is 18.5 Å². The number of alkyl halides is 6. The monoisotopic (exact) mass is 523 g/mol. The van der Waals surface area contributed by atoms with Crippen LogP contribution in [0.25, 0.3) is 16.6 Å². The summed E-state index contributed by atoms with van der Waals surface area (Å²) in [5, 5.41) is 9.47. The van der Waals surface area contributed by atoms with Crippen molar-refractivity contribution in [3.05, 3.63) is 58.8 Å². The Morgan fingerprint density at radius 1 is 1.03 bits per heavy atom. The highest BCUT2D eigenvalue weighted by Gasteiger charge is 2.41. The molecule has 13 heteroatoms. The molecule has 5 rings (SSSR count). The van der Waals surface area contributed by atoms with E-state index in [0.717, 1.165) is 33.5 Å². The van der Waals surface area contributed by atoms with Crippen LogP contribution in [0.1, 0.15) is 54.6 Å². The second-order valence-corrected chi connectivity index (χ2v) is 9.55. The maximum absolute atomic E-state index is 13.5. The molecule has 0 radical (unpaired) electrons. The predicted octanol–water partition coefficient (Wildman–Crippen LogP) is 6.03. The van der Waals surface area contributed by atoms with Crippen molar-refractivity contribution in [1.82, 2.24) is 29.9 Å². The van der Waals surface area contributed by atoms with E-state index in [4.69, 9.17) is 0 Å². The number of nitrogens with zero attached hydrogens (tertiary/aromatic N) is 6. The summed E-state index contributed by atoms with van der Waals surface area (Å²) in [6.45, 7) is 5.85. The van der Waals surface area contributed by atoms with Gasteiger partial charge in [0.2, 0.25) is 5.95 Å². The summed E-state index contributed by atoms with van der Waals surface area (Å²) in [6.07, 6.45) is -7.63. The molecule has 1 atom stereocenters. The number of nitrogens with one attached hydrogen (secondary N) is 1. The van der Waals surface area contributed by atoms with E-state index < -0.39 is 35.7 Å². The molecule has 0 saturated heterocycles. The van der Waals surface area contributed by atoms with E-state index in [2.05, 4.69) is 25.1 Å². The number of aryl methyl sites for hydroxylation is 1. The SMILES string of the molecule is Cc1cnn(-c2ccc3[nH]c4c(c3c2)CCN(c2nc(C(F)(F)F)cc(C(F)(F)F)n2)[C@H]4CC(C)C)n1. The Bertz CT molecular complexity index is 1420. The fourth-order valence-electron chi connectivity index (χ4n) is 4.73. The molecule has 0 saturated carbocycles. The van der Waals surface area contributed by atoms with Crippen LogP contribution in [0.3, 0.4) is 0 Å². The van der Waals surface area contributed by atoms with Gasteiger partial charge in [-0.1, -0.05) is 13.8 Å². The molecule has 0 amide bonds. The van der Waals surface area contributed by atoms with E-state index >= 15 is 0 Å². The van der Waals surface area contributed by atoms with Gasteiger partial charge in [-0.2, -0.15) is 41.3 Å². The lowest BCUT2D eigenvalue weighted by atomic mass is 9.91. The average molecular weight is 523 g/mol. The number of halogens is 6. The number of aromatic amines is 1. The fraction of sp³-hybridized carbons (Fsp3) is 0.417. The maximum Gasteiger partial charge on any atom is 0.433 e. The molecular formula is C24H23F6N7. The summed E-state index contributed by atoms with van der Waals surface area (Å²) >= 11 is 0. The Morgan fingerprint density at radius 3 is 2.27 bits per heavy atom. The number of anilines is 1. The number of hydrogen-bond acceptors (Lipinski definition) is 5. The normalized spacial score (nSPS) is 16.6. The first-order chi connectivity index (χ1) is 17.3. The molecule has 3 aromatic heterocycles. The first kappa shape index (κ1) is 25.0. The molecule has 1 aliphatic heterocycles. The van der Waals surface area contributed by atoms with E-state index in [0.29, 0.717) is 12.8 Å². The Morgan fingerprint density at radius 2 is 1.70 bits per heavy atom. The average Bonchev–Trinajstić information content (AvgIpc) is 3.41. The third kappa shape index (κ3) is 4.74. The molecule has 0 bridgehead atoms. The van der Waals surface area contributed by atoms with Gasteiger partial charge in [-0.25, -0.2) is 9.97 Å². The molecule has 0 spiro atoms. The van der Waals surface area contributed by atoms with Crippen LogP contribution in [-0.2, 0) is 18.8 Å². The fourth-order valence-corrected chi connectivity index (χ4v) is 4.73. The van der Waals surface area contributed by atoms with Crippen LogP contribution in [0.4, 0.5) is 32.3 Å². The maximum atomic E-state index is 13.5. The molecular weight excluding hydrogens is 500 g/mol. The molecule has 0 aliphatic carbocycles. The third-order valence-electron chi connectivity index (χ3n) is 6.32. The molecule has 0 unspecified atom stereocenters. The molecule has 7 nitrogen and oxygen atoms in total. The van der Waals surface area contributed by atoms with Gasteiger partial charge >= 0.3 is 12.4 Å². The van der Waals surface area contributed by atoms with Gasteiger partial charge in [0, 0.05) is 23.1 Å². The standard InChI is InChI=1S/C24H23F6N7/c1-12(2)8-18-21-15(16-9-14(4-5-17(16)32-21)37-31-11-13(3)35-37)6-7-36(18)22-33-19(23(25,26)27)10-20(34-22)24(28,29)30/h4-5,9-12,18,32H,6-8H2,1-3H3/t18-/m0/s1. The van der Waals surface area contributed by atoms with Crippen molar-refractivity contribution in [2.75, 3.05) is 11.4 Å². The Kier molecular flexibility index (Phi) is 5.91. The largest absolute Gasteiger partial charge is 0.433 e. The zero-order valence-corrected chi connectivity index (χ0v) is 20.1. The van der Waals surface area contributed by atoms with E-state index in [1.807, 2.05) is 39.0 Å². The Labute approximate surface area is 207 Å². The van der Waals surface area contributed by atoms with Crippen LogP contribution in [0.5, 0.6) is 0 Å². The zero-order chi connectivity index (χ0) is 26.7. The minimum atomic E-state index is -5.05. The molecule has 1 N–H and O–H groups in total. The number of fused-ring (bicyclic) bond motifs is 3. The van der Waals surface area contributed by atoms with Crippen LogP contribution < -0.4 is 4.90 Å². The number of benzene rings is 1. The molecule has 1 aromatic carbocycles. The number of aromatic nitrogens is 6. The van der Waals surface area contributed by atoms with Crippen molar-refractivity contribution in [2.45, 2.75) is 52.0 Å². The highest BCUT2D eigenvalue weighted by molar-refractivity contribution is 5.87. The quantitative estimate of drug-likeness (QED) is 0.331. The van der Waals surface area contributed by atoms with E-state index in [9.17, 15) is 26.3 Å². The summed E-state index contributed by atoms with van der Waals surface area (Å²) in [7, 11) is 0. The van der Waals surface area contributed by atoms with Gasteiger partial charge in [0.25, 0.3) is 0 Å². The minimum Gasteiger partial charge on any atom is -0.356 e. The first-order valence-corrected chi connectivity index (χ1v) is 11.6. The van der Waals surface area contributed by atoms with E-state index in [1.54, 1.807) is 6.20 Å². The third-order valence-corrected chi connectivity index (χ3v) is 6.32. The van der Waals surface area contributed by atoms with Gasteiger partial charge in [0.15, 0.2) is 11.4 Å². The summed E-state index contributed by atoms with van der Waals surface area (Å²) in [5.74, 6) is -0.501. The van der Waals surface area contributed by atoms with Crippen molar-refractivity contribution in [3.63, 3.8) is 0 Å². The lowest BCUT2D eigenvalue weighted by molar-refractivity contribution is -0.147. The molecule has 37 heavy (non-hydrogen) atoms. The summed E-state index contributed by atoms with van der Waals surface area (Å²) in [4.78, 5) is 13.4. The van der Waals surface area contributed by atoms with Crippen LogP contribution >= 0.6 is 0 Å². The molecule has 4 heterocycles. The molecule has 196 valence electrons. The Hall–Kier alpha value is -3.64. The van der Waals surface area contributed by atoms with Gasteiger partial charge in [0.1, 0.15) is 0 Å². The van der Waals surface area contributed by atoms with Crippen molar-refractivity contribution in [1.29, 1.82) is 0 Å². The van der Waals surface area contributed by atoms with Crippen LogP contribution in [0, 0.1) is 12.8 Å². The first-order valence-electron chi connectivity index (χ1n) is 11.6. The van der Waals surface area contributed by atoms with Crippen molar-refractivity contribution >= 4 is 16.9 Å². The highest BCUT2D eigenvalue weighted by atomic mass is 19.4. The van der Waals surface area contributed by atoms with Crippen LogP contribution in [0.2, 0.25) is 0 Å². The lowest BCUT2D eigenvalue weighted by Crippen LogP contribution is -2.38. The summed E-state index contributed by atoms with van der Waals surface area (Å²) < 4.78 is 80.8. The van der Waals surface area contributed by atoms with Crippen molar-refractivity contribution in [3.8, 4) is 5.69 Å². The van der Waals surface area contributed by atoms with Gasteiger partial charge in [0.05, 0.1) is 23.6 Å². The second-order valence-electron chi connectivity index (χ2n) is 9.55. The molecule has 4 aromatic rings. The van der Waals surface area contributed by atoms with Crippen molar-refractivity contribution < 1.29 is 26.3 Å². The van der Waals surface area contributed by atoms with Gasteiger partial charge in [-0.3, -0.25) is 0 Å². The summed E-state index contributed by atoms with van der Waals surface area (Å²) in [6, 6.07) is 5.03. The number of H-pyrrole nitrogens is 1. The Balaban J connectivity index is 1.63. The van der Waals surface area contributed by atoms with Crippen molar-refractivity contribution in [2.24, 2.45) is 5.92 Å². The highest BCUT2D eigenvalue weighted by Crippen LogP contribution is 2.41. The van der Waals surface area contributed by atoms with Gasteiger partial charge < -0.3 is 9.88 Å². The number of rotatable bonds is 4. The topological polar surface area (TPSA) is 75.5 Å². The smallest absolute Gasteiger partial charge is 0.356 e. The second kappa shape index (κ2) is 8.73. The van der Waals surface area contributed by atoms with Crippen LogP contribution in [0.15, 0.2) is 30.5 Å². The lowest BCUT2D eigenvalue weighted by Gasteiger charge is -2.37. The summed E-state index contributed by atoms with van der Waals surface area (Å²) in [5.41, 5.74) is 0.722. The van der Waals surface area contributed by atoms with Crippen LogP contribution in [-0.4, -0.2) is 36.5 Å². The van der Waals surface area contributed by atoms with Gasteiger partial charge in [-0.15, -0.1) is 0 Å². The zero-order valence-electron chi connectivity index (χ0n) is 20.1. The van der Waals surface area contributed by atoms with E-state index in [1.165, 1.54) is 9.70 Å². The number of hydrogen-bond donors (Lipinski definition) is 1. The molecule has 0 fully saturated rings. The molecule has 1 aliphatic rings. The predicted molar refractivity (Wildman–Crippen MR) is 123 cm³/mol.